The first-order chi connectivity index (χ1) is 12.7. The number of nitrogens with zero attached hydrogens (tertiary/aromatic N) is 5. The van der Waals surface area contributed by atoms with E-state index in [4.69, 9.17) is 0 Å². The fourth-order valence-corrected chi connectivity index (χ4v) is 3.33. The van der Waals surface area contributed by atoms with Crippen molar-refractivity contribution in [2.45, 2.75) is 6.54 Å². The van der Waals surface area contributed by atoms with Crippen LogP contribution in [0.15, 0.2) is 61.2 Å². The van der Waals surface area contributed by atoms with Crippen molar-refractivity contribution >= 4 is 28.7 Å². The minimum absolute atomic E-state index is 0.0659. The number of hydrogen-bond acceptors (Lipinski definition) is 6. The summed E-state index contributed by atoms with van der Waals surface area (Å²) < 4.78 is 8.44. The zero-order valence-corrected chi connectivity index (χ0v) is 14.8. The van der Waals surface area contributed by atoms with Crippen molar-refractivity contribution in [2.24, 2.45) is 0 Å². The Hall–Kier alpha value is -3.19. The lowest BCUT2D eigenvalue weighted by Crippen LogP contribution is -2.26. The summed E-state index contributed by atoms with van der Waals surface area (Å²) in [6.45, 7) is 0.512. The average Bonchev–Trinajstić information content (AvgIpc) is 3.17. The fraction of sp³-hybridized carbons (Fsp3) is 0.105. The van der Waals surface area contributed by atoms with Crippen LogP contribution in [0.4, 0.5) is 0 Å². The molecule has 1 amide bonds. The Morgan fingerprint density at radius 2 is 1.77 bits per heavy atom. The van der Waals surface area contributed by atoms with Gasteiger partial charge in [-0.2, -0.15) is 8.75 Å². The smallest absolute Gasteiger partial charge is 0.256 e. The highest BCUT2D eigenvalue weighted by Crippen LogP contribution is 2.20. The summed E-state index contributed by atoms with van der Waals surface area (Å²) in [6, 6.07) is 13.5. The molecular formula is C19H15N5OS. The second-order valence-corrected chi connectivity index (χ2v) is 6.45. The van der Waals surface area contributed by atoms with Crippen molar-refractivity contribution in [3.05, 3.63) is 72.3 Å². The molecule has 0 spiro atoms. The van der Waals surface area contributed by atoms with Crippen LogP contribution in [0, 0.1) is 0 Å². The largest absolute Gasteiger partial charge is 0.337 e. The van der Waals surface area contributed by atoms with E-state index >= 15 is 0 Å². The Kier molecular flexibility index (Phi) is 4.37. The number of fused-ring (bicyclic) bond motifs is 1. The molecule has 0 N–H and O–H groups in total. The van der Waals surface area contributed by atoms with Gasteiger partial charge in [0.15, 0.2) is 0 Å². The number of carbonyl (C=O) groups is 1. The molecule has 6 nitrogen and oxygen atoms in total. The van der Waals surface area contributed by atoms with Crippen molar-refractivity contribution in [3.63, 3.8) is 0 Å². The normalized spacial score (nSPS) is 10.8. The first-order valence-electron chi connectivity index (χ1n) is 8.03. The highest BCUT2D eigenvalue weighted by Gasteiger charge is 2.17. The molecule has 0 atom stereocenters. The number of carbonyl (C=O) groups excluding carboxylic acids is 1. The van der Waals surface area contributed by atoms with Crippen LogP contribution in [-0.4, -0.2) is 36.6 Å². The van der Waals surface area contributed by atoms with E-state index < -0.39 is 0 Å². The third-order valence-electron chi connectivity index (χ3n) is 4.13. The minimum Gasteiger partial charge on any atom is -0.337 e. The fourth-order valence-electron chi connectivity index (χ4n) is 2.78. The standard InChI is InChI=1S/C19H15N5OS/c1-24(19(25)16-3-2-4-17-18(16)23-26-22-17)11-13-5-7-14(8-6-13)15-9-20-12-21-10-15/h2-10,12H,11H2,1H3. The van der Waals surface area contributed by atoms with Gasteiger partial charge in [0.2, 0.25) is 0 Å². The van der Waals surface area contributed by atoms with Crippen molar-refractivity contribution < 1.29 is 4.79 Å². The number of rotatable bonds is 4. The van der Waals surface area contributed by atoms with Gasteiger partial charge >= 0.3 is 0 Å². The van der Waals surface area contributed by atoms with E-state index in [9.17, 15) is 4.79 Å². The van der Waals surface area contributed by atoms with Crippen LogP contribution in [0.2, 0.25) is 0 Å². The van der Waals surface area contributed by atoms with E-state index in [2.05, 4.69) is 18.7 Å². The molecule has 128 valence electrons. The van der Waals surface area contributed by atoms with Gasteiger partial charge in [0.05, 0.1) is 17.3 Å². The summed E-state index contributed by atoms with van der Waals surface area (Å²) in [7, 11) is 1.79. The molecule has 0 aliphatic heterocycles. The van der Waals surface area contributed by atoms with Crippen LogP contribution in [-0.2, 0) is 6.54 Å². The molecule has 0 aliphatic carbocycles. The Morgan fingerprint density at radius 3 is 2.54 bits per heavy atom. The molecule has 2 aromatic carbocycles. The number of amides is 1. The van der Waals surface area contributed by atoms with Gasteiger partial charge in [-0.3, -0.25) is 4.79 Å². The number of hydrogen-bond donors (Lipinski definition) is 0. The summed E-state index contributed by atoms with van der Waals surface area (Å²) in [4.78, 5) is 22.6. The SMILES string of the molecule is CN(Cc1ccc(-c2cncnc2)cc1)C(=O)c1cccc2nsnc12. The number of benzene rings is 2. The van der Waals surface area contributed by atoms with Gasteiger partial charge < -0.3 is 4.90 Å². The first-order valence-corrected chi connectivity index (χ1v) is 8.76. The van der Waals surface area contributed by atoms with Gasteiger partial charge in [-0.25, -0.2) is 9.97 Å². The predicted molar refractivity (Wildman–Crippen MR) is 101 cm³/mol. The molecule has 0 unspecified atom stereocenters. The van der Waals surface area contributed by atoms with Crippen molar-refractivity contribution in [1.29, 1.82) is 0 Å². The maximum Gasteiger partial charge on any atom is 0.256 e. The van der Waals surface area contributed by atoms with E-state index in [1.54, 1.807) is 30.4 Å². The van der Waals surface area contributed by atoms with Crippen molar-refractivity contribution in [1.82, 2.24) is 23.6 Å². The van der Waals surface area contributed by atoms with Crippen molar-refractivity contribution in [2.75, 3.05) is 7.05 Å². The minimum atomic E-state index is -0.0659. The van der Waals surface area contributed by atoms with E-state index in [1.165, 1.54) is 6.33 Å². The molecule has 7 heteroatoms. The second-order valence-electron chi connectivity index (χ2n) is 5.92. The van der Waals surface area contributed by atoms with Crippen LogP contribution in [0.1, 0.15) is 15.9 Å². The molecule has 0 radical (unpaired) electrons. The van der Waals surface area contributed by atoms with E-state index in [0.29, 0.717) is 17.6 Å². The quantitative estimate of drug-likeness (QED) is 0.557. The van der Waals surface area contributed by atoms with Gasteiger partial charge in [0, 0.05) is 31.5 Å². The molecule has 4 aromatic rings. The van der Waals surface area contributed by atoms with Crippen molar-refractivity contribution in [3.8, 4) is 11.1 Å². The molecule has 0 saturated carbocycles. The summed E-state index contributed by atoms with van der Waals surface area (Å²) in [5.74, 6) is -0.0659. The monoisotopic (exact) mass is 361 g/mol. The van der Waals surface area contributed by atoms with Crippen LogP contribution < -0.4 is 0 Å². The third kappa shape index (κ3) is 3.16. The molecule has 0 fully saturated rings. The van der Waals surface area contributed by atoms with E-state index in [0.717, 1.165) is 33.9 Å². The molecular weight excluding hydrogens is 346 g/mol. The summed E-state index contributed by atoms with van der Waals surface area (Å²) in [5.41, 5.74) is 5.05. The topological polar surface area (TPSA) is 71.9 Å². The molecule has 4 rings (SSSR count). The number of aromatic nitrogens is 4. The lowest BCUT2D eigenvalue weighted by atomic mass is 10.1. The van der Waals surface area contributed by atoms with Gasteiger partial charge in [-0.15, -0.1) is 0 Å². The molecule has 2 heterocycles. The molecule has 2 aromatic heterocycles. The van der Waals surface area contributed by atoms with E-state index in [-0.39, 0.29) is 5.91 Å². The van der Waals surface area contributed by atoms with Crippen LogP contribution >= 0.6 is 11.7 Å². The Balaban J connectivity index is 1.52. The molecule has 0 bridgehead atoms. The van der Waals surface area contributed by atoms with Crippen LogP contribution in [0.5, 0.6) is 0 Å². The zero-order valence-electron chi connectivity index (χ0n) is 14.0. The average molecular weight is 361 g/mol. The predicted octanol–water partition coefficient (Wildman–Crippen LogP) is 3.42. The molecule has 0 aliphatic rings. The third-order valence-corrected chi connectivity index (χ3v) is 4.67. The highest BCUT2D eigenvalue weighted by molar-refractivity contribution is 7.00. The maximum atomic E-state index is 12.8. The molecule has 26 heavy (non-hydrogen) atoms. The zero-order chi connectivity index (χ0) is 17.9. The van der Waals surface area contributed by atoms with Gasteiger partial charge in [-0.1, -0.05) is 30.3 Å². The van der Waals surface area contributed by atoms with Crippen LogP contribution in [0.3, 0.4) is 0 Å². The lowest BCUT2D eigenvalue weighted by Gasteiger charge is -2.17. The Bertz CT molecular complexity index is 1050. The maximum absolute atomic E-state index is 12.8. The lowest BCUT2D eigenvalue weighted by molar-refractivity contribution is 0.0787. The summed E-state index contributed by atoms with van der Waals surface area (Å²) in [5, 5.41) is 0. The Morgan fingerprint density at radius 1 is 1.00 bits per heavy atom. The Labute approximate surface area is 154 Å². The highest BCUT2D eigenvalue weighted by atomic mass is 32.1. The summed E-state index contributed by atoms with van der Waals surface area (Å²) >= 11 is 1.12. The van der Waals surface area contributed by atoms with Gasteiger partial charge in [-0.05, 0) is 23.3 Å². The van der Waals surface area contributed by atoms with Gasteiger partial charge in [0.1, 0.15) is 17.4 Å². The van der Waals surface area contributed by atoms with E-state index in [1.807, 2.05) is 36.4 Å². The van der Waals surface area contributed by atoms with Crippen LogP contribution in [0.25, 0.3) is 22.2 Å². The second kappa shape index (κ2) is 6.97. The van der Waals surface area contributed by atoms with Gasteiger partial charge in [0.25, 0.3) is 5.91 Å². The summed E-state index contributed by atoms with van der Waals surface area (Å²) in [6.07, 6.45) is 5.07. The molecule has 0 saturated heterocycles. The first kappa shape index (κ1) is 16.3.